The van der Waals surface area contributed by atoms with Crippen LogP contribution < -0.4 is 0 Å². The molecule has 180 valence electrons. The Labute approximate surface area is 201 Å². The predicted molar refractivity (Wildman–Crippen MR) is 128 cm³/mol. The lowest BCUT2D eigenvalue weighted by molar-refractivity contribution is 0.101. The number of hydrogen-bond acceptors (Lipinski definition) is 7. The van der Waals surface area contributed by atoms with Crippen molar-refractivity contribution in [1.29, 1.82) is 0 Å². The van der Waals surface area contributed by atoms with Crippen molar-refractivity contribution in [2.45, 2.75) is 42.4 Å². The van der Waals surface area contributed by atoms with E-state index in [4.69, 9.17) is 8.37 Å². The van der Waals surface area contributed by atoms with Crippen LogP contribution >= 0.6 is 0 Å². The van der Waals surface area contributed by atoms with Gasteiger partial charge in [-0.25, -0.2) is 0 Å². The summed E-state index contributed by atoms with van der Waals surface area (Å²) in [5.74, 6) is 0. The topological polar surface area (TPSA) is 90.0 Å². The number of likely N-dealkylation sites (tertiary alicyclic amines) is 1. The SMILES string of the molecule is Cc1ccc(S(=O)(=O)OC2CN(Cc3ccccc3)CC2OS(=O)(=O)c2ccc(C)cc2)cc1. The quantitative estimate of drug-likeness (QED) is 0.435. The molecule has 0 amide bonds. The second kappa shape index (κ2) is 9.97. The maximum Gasteiger partial charge on any atom is 0.297 e. The second-order valence-electron chi connectivity index (χ2n) is 8.48. The van der Waals surface area contributed by atoms with Gasteiger partial charge < -0.3 is 0 Å². The smallest absolute Gasteiger partial charge is 0.294 e. The van der Waals surface area contributed by atoms with E-state index in [1.165, 1.54) is 24.3 Å². The first-order valence-corrected chi connectivity index (χ1v) is 13.7. The average Bonchev–Trinajstić information content (AvgIpc) is 3.14. The monoisotopic (exact) mass is 501 g/mol. The summed E-state index contributed by atoms with van der Waals surface area (Å²) in [4.78, 5) is 1.96. The lowest BCUT2D eigenvalue weighted by Gasteiger charge is -2.19. The molecule has 0 bridgehead atoms. The van der Waals surface area contributed by atoms with Crippen LogP contribution in [0.4, 0.5) is 0 Å². The van der Waals surface area contributed by atoms with Crippen molar-refractivity contribution in [3.05, 3.63) is 95.6 Å². The minimum Gasteiger partial charge on any atom is -0.294 e. The Bertz CT molecular complexity index is 1240. The van der Waals surface area contributed by atoms with E-state index in [1.807, 2.05) is 49.1 Å². The fraction of sp³-hybridized carbons (Fsp3) is 0.280. The molecule has 1 aliphatic heterocycles. The highest BCUT2D eigenvalue weighted by Crippen LogP contribution is 2.27. The van der Waals surface area contributed by atoms with Gasteiger partial charge in [0.15, 0.2) is 0 Å². The molecule has 0 saturated carbocycles. The van der Waals surface area contributed by atoms with Crippen molar-refractivity contribution in [2.24, 2.45) is 0 Å². The summed E-state index contributed by atoms with van der Waals surface area (Å²) in [5.41, 5.74) is 2.85. The number of nitrogens with zero attached hydrogens (tertiary/aromatic N) is 1. The van der Waals surface area contributed by atoms with Crippen molar-refractivity contribution in [3.8, 4) is 0 Å². The Hall–Kier alpha value is -2.56. The molecule has 0 N–H and O–H groups in total. The van der Waals surface area contributed by atoms with Gasteiger partial charge in [0.05, 0.1) is 9.79 Å². The lowest BCUT2D eigenvalue weighted by Crippen LogP contribution is -2.34. The highest BCUT2D eigenvalue weighted by atomic mass is 32.2. The molecule has 1 heterocycles. The normalized spacial score (nSPS) is 19.4. The van der Waals surface area contributed by atoms with E-state index in [1.54, 1.807) is 24.3 Å². The fourth-order valence-corrected chi connectivity index (χ4v) is 6.00. The van der Waals surface area contributed by atoms with Crippen LogP contribution in [0.5, 0.6) is 0 Å². The van der Waals surface area contributed by atoms with Gasteiger partial charge in [0.2, 0.25) is 0 Å². The van der Waals surface area contributed by atoms with Crippen LogP contribution in [0, 0.1) is 13.8 Å². The van der Waals surface area contributed by atoms with E-state index < -0.39 is 32.4 Å². The third-order valence-electron chi connectivity index (χ3n) is 5.66. The zero-order chi connectivity index (χ0) is 24.3. The molecule has 3 aromatic carbocycles. The number of aryl methyl sites for hydroxylation is 2. The van der Waals surface area contributed by atoms with Crippen LogP contribution in [0.25, 0.3) is 0 Å². The van der Waals surface area contributed by atoms with Crippen molar-refractivity contribution in [2.75, 3.05) is 13.1 Å². The third-order valence-corrected chi connectivity index (χ3v) is 8.36. The van der Waals surface area contributed by atoms with Crippen molar-refractivity contribution < 1.29 is 25.2 Å². The van der Waals surface area contributed by atoms with Gasteiger partial charge in [0.25, 0.3) is 20.2 Å². The van der Waals surface area contributed by atoms with Gasteiger partial charge in [-0.1, -0.05) is 65.7 Å². The second-order valence-corrected chi connectivity index (χ2v) is 11.6. The maximum atomic E-state index is 12.9. The Morgan fingerprint density at radius 2 is 1.09 bits per heavy atom. The fourth-order valence-electron chi connectivity index (χ4n) is 3.82. The molecule has 4 rings (SSSR count). The van der Waals surface area contributed by atoms with Crippen LogP contribution in [0.1, 0.15) is 16.7 Å². The van der Waals surface area contributed by atoms with Crippen molar-refractivity contribution in [1.82, 2.24) is 4.90 Å². The van der Waals surface area contributed by atoms with Crippen LogP contribution in [0.3, 0.4) is 0 Å². The molecule has 2 atom stereocenters. The molecule has 3 aromatic rings. The number of benzene rings is 3. The Morgan fingerprint density at radius 3 is 1.50 bits per heavy atom. The summed E-state index contributed by atoms with van der Waals surface area (Å²) in [5, 5.41) is 0. The lowest BCUT2D eigenvalue weighted by atomic mass is 10.2. The standard InChI is InChI=1S/C25H27NO6S2/c1-19-8-12-22(13-9-19)33(27,28)31-24-17-26(16-21-6-4-3-5-7-21)18-25(24)32-34(29,30)23-14-10-20(2)11-15-23/h3-15,24-25H,16-18H2,1-2H3. The molecule has 1 fully saturated rings. The first kappa shape index (κ1) is 24.6. The first-order chi connectivity index (χ1) is 16.1. The van der Waals surface area contributed by atoms with E-state index in [0.29, 0.717) is 6.54 Å². The summed E-state index contributed by atoms with van der Waals surface area (Å²) in [7, 11) is -8.23. The number of rotatable bonds is 8. The van der Waals surface area contributed by atoms with E-state index in [-0.39, 0.29) is 22.9 Å². The number of hydrogen-bond donors (Lipinski definition) is 0. The maximum absolute atomic E-state index is 12.9. The minimum atomic E-state index is -4.12. The molecule has 9 heteroatoms. The molecule has 0 radical (unpaired) electrons. The van der Waals surface area contributed by atoms with Crippen molar-refractivity contribution in [3.63, 3.8) is 0 Å². The van der Waals surface area contributed by atoms with Gasteiger partial charge in [-0.05, 0) is 43.7 Å². The van der Waals surface area contributed by atoms with Gasteiger partial charge in [0.1, 0.15) is 12.2 Å². The molecule has 34 heavy (non-hydrogen) atoms. The summed E-state index contributed by atoms with van der Waals surface area (Å²) in [6.07, 6.45) is -1.98. The van der Waals surface area contributed by atoms with Gasteiger partial charge in [0, 0.05) is 19.6 Å². The molecule has 1 aliphatic rings. The largest absolute Gasteiger partial charge is 0.297 e. The highest BCUT2D eigenvalue weighted by molar-refractivity contribution is 7.87. The van der Waals surface area contributed by atoms with Gasteiger partial charge in [-0.2, -0.15) is 16.8 Å². The first-order valence-electron chi connectivity index (χ1n) is 10.9. The van der Waals surface area contributed by atoms with E-state index in [9.17, 15) is 16.8 Å². The summed E-state index contributed by atoms with van der Waals surface area (Å²) in [6, 6.07) is 22.3. The predicted octanol–water partition coefficient (Wildman–Crippen LogP) is 3.67. The molecule has 0 spiro atoms. The van der Waals surface area contributed by atoms with Crippen molar-refractivity contribution >= 4 is 20.2 Å². The Balaban J connectivity index is 1.58. The summed E-state index contributed by atoms with van der Waals surface area (Å²) < 4.78 is 62.8. The molecule has 0 aliphatic carbocycles. The van der Waals surface area contributed by atoms with Gasteiger partial charge >= 0.3 is 0 Å². The zero-order valence-corrected chi connectivity index (χ0v) is 20.6. The third kappa shape index (κ3) is 5.92. The highest BCUT2D eigenvalue weighted by Gasteiger charge is 2.41. The minimum absolute atomic E-state index is 0.0137. The average molecular weight is 502 g/mol. The van der Waals surface area contributed by atoms with E-state index in [0.717, 1.165) is 16.7 Å². The van der Waals surface area contributed by atoms with E-state index in [2.05, 4.69) is 0 Å². The van der Waals surface area contributed by atoms with Crippen LogP contribution in [-0.4, -0.2) is 47.0 Å². The van der Waals surface area contributed by atoms with Gasteiger partial charge in [-0.3, -0.25) is 13.3 Å². The summed E-state index contributed by atoms with van der Waals surface area (Å²) >= 11 is 0. The van der Waals surface area contributed by atoms with Crippen LogP contribution in [0.2, 0.25) is 0 Å². The molecular formula is C25H27NO6S2. The van der Waals surface area contributed by atoms with Gasteiger partial charge in [-0.15, -0.1) is 0 Å². The zero-order valence-electron chi connectivity index (χ0n) is 19.0. The molecular weight excluding hydrogens is 474 g/mol. The van der Waals surface area contributed by atoms with Crippen LogP contribution in [-0.2, 0) is 35.1 Å². The Kier molecular flexibility index (Phi) is 7.20. The molecule has 2 unspecified atom stereocenters. The van der Waals surface area contributed by atoms with E-state index >= 15 is 0 Å². The molecule has 7 nitrogen and oxygen atoms in total. The van der Waals surface area contributed by atoms with Crippen LogP contribution in [0.15, 0.2) is 88.7 Å². The molecule has 1 saturated heterocycles. The summed E-state index contributed by atoms with van der Waals surface area (Å²) in [6.45, 7) is 4.63. The molecule has 0 aromatic heterocycles. The Morgan fingerprint density at radius 1 is 0.676 bits per heavy atom.